The third-order valence-electron chi connectivity index (χ3n) is 1.98. The zero-order chi connectivity index (χ0) is 11.8. The number of hydrogen-bond acceptors (Lipinski definition) is 4. The summed E-state index contributed by atoms with van der Waals surface area (Å²) in [5.41, 5.74) is 5.26. The van der Waals surface area contributed by atoms with Gasteiger partial charge in [-0.1, -0.05) is 12.1 Å². The van der Waals surface area contributed by atoms with Crippen LogP contribution in [0.3, 0.4) is 0 Å². The molecule has 0 aliphatic carbocycles. The van der Waals surface area contributed by atoms with Crippen LogP contribution in [0.25, 0.3) is 0 Å². The summed E-state index contributed by atoms with van der Waals surface area (Å²) in [6, 6.07) is -0.186. The van der Waals surface area contributed by atoms with E-state index in [9.17, 15) is 8.78 Å². The lowest BCUT2D eigenvalue weighted by Gasteiger charge is -2.18. The van der Waals surface area contributed by atoms with E-state index < -0.39 is 12.5 Å². The van der Waals surface area contributed by atoms with Gasteiger partial charge in [0, 0.05) is 19.0 Å². The Morgan fingerprint density at radius 2 is 2.13 bits per heavy atom. The maximum Gasteiger partial charge on any atom is 0.265 e. The summed E-state index contributed by atoms with van der Waals surface area (Å²) in [6.07, 6.45) is -3.57. The third kappa shape index (κ3) is 6.19. The van der Waals surface area contributed by atoms with Crippen molar-refractivity contribution in [3.05, 3.63) is 0 Å². The van der Waals surface area contributed by atoms with Crippen LogP contribution in [-0.4, -0.2) is 41.3 Å². The second kappa shape index (κ2) is 7.36. The van der Waals surface area contributed by atoms with E-state index >= 15 is 0 Å². The number of halogens is 2. The quantitative estimate of drug-likeness (QED) is 0.214. The van der Waals surface area contributed by atoms with Crippen LogP contribution >= 0.6 is 0 Å². The van der Waals surface area contributed by atoms with Crippen LogP contribution in [0.1, 0.15) is 19.8 Å². The van der Waals surface area contributed by atoms with Gasteiger partial charge in [0.25, 0.3) is 6.43 Å². The van der Waals surface area contributed by atoms with Crippen molar-refractivity contribution in [2.45, 2.75) is 38.3 Å². The molecule has 7 heteroatoms. The van der Waals surface area contributed by atoms with E-state index in [1.165, 1.54) is 0 Å². The number of alkyl halides is 2. The number of oxime groups is 1. The molecule has 0 saturated carbocycles. The van der Waals surface area contributed by atoms with Gasteiger partial charge in [0.15, 0.2) is 0 Å². The number of amidine groups is 1. The molecule has 0 aromatic rings. The first-order valence-corrected chi connectivity index (χ1v) is 4.67. The molecular formula is C8H17F2N3O2. The van der Waals surface area contributed by atoms with Gasteiger partial charge in [0.1, 0.15) is 11.9 Å². The van der Waals surface area contributed by atoms with Gasteiger partial charge in [-0.2, -0.15) is 0 Å². The summed E-state index contributed by atoms with van der Waals surface area (Å²) in [7, 11) is 0. The van der Waals surface area contributed by atoms with Gasteiger partial charge in [-0.05, 0) is 6.42 Å². The van der Waals surface area contributed by atoms with Crippen LogP contribution in [-0.2, 0) is 0 Å². The highest BCUT2D eigenvalue weighted by Gasteiger charge is 2.18. The molecule has 2 atom stereocenters. The van der Waals surface area contributed by atoms with E-state index in [0.717, 1.165) is 0 Å². The van der Waals surface area contributed by atoms with Gasteiger partial charge in [0.2, 0.25) is 0 Å². The molecule has 90 valence electrons. The number of rotatable bonds is 7. The first kappa shape index (κ1) is 14.1. The second-order valence-electron chi connectivity index (χ2n) is 3.21. The molecule has 0 saturated heterocycles. The van der Waals surface area contributed by atoms with E-state index in [2.05, 4.69) is 10.5 Å². The average Bonchev–Trinajstić information content (AvgIpc) is 2.22. The summed E-state index contributed by atoms with van der Waals surface area (Å²) < 4.78 is 23.9. The predicted molar refractivity (Wildman–Crippen MR) is 52.1 cm³/mol. The molecule has 0 rings (SSSR count). The Morgan fingerprint density at radius 3 is 2.53 bits per heavy atom. The molecule has 5 nitrogen and oxygen atoms in total. The standard InChI is InChI=1S/C8H17F2N3O2/c1-2-5(3-7(11)13-15)12-4-6(14)8(9)10/h5-6,8,12,14-15H,2-4H2,1H3,(H2,11,13). The van der Waals surface area contributed by atoms with Crippen molar-refractivity contribution in [3.8, 4) is 0 Å². The van der Waals surface area contributed by atoms with Crippen LogP contribution < -0.4 is 11.1 Å². The Bertz CT molecular complexity index is 202. The number of nitrogens with zero attached hydrogens (tertiary/aromatic N) is 1. The molecule has 0 aromatic heterocycles. The lowest BCUT2D eigenvalue weighted by Crippen LogP contribution is -2.40. The van der Waals surface area contributed by atoms with Gasteiger partial charge < -0.3 is 21.4 Å². The van der Waals surface area contributed by atoms with Crippen LogP contribution in [0.2, 0.25) is 0 Å². The Kier molecular flexibility index (Phi) is 6.89. The second-order valence-corrected chi connectivity index (χ2v) is 3.21. The molecule has 15 heavy (non-hydrogen) atoms. The summed E-state index contributed by atoms with van der Waals surface area (Å²) in [6.45, 7) is 1.62. The largest absolute Gasteiger partial charge is 0.409 e. The molecular weight excluding hydrogens is 208 g/mol. The first-order valence-electron chi connectivity index (χ1n) is 4.67. The van der Waals surface area contributed by atoms with Gasteiger partial charge in [-0.25, -0.2) is 8.78 Å². The third-order valence-corrected chi connectivity index (χ3v) is 1.98. The van der Waals surface area contributed by atoms with Crippen LogP contribution in [0.15, 0.2) is 5.16 Å². The van der Waals surface area contributed by atoms with Crippen molar-refractivity contribution < 1.29 is 19.1 Å². The molecule has 0 bridgehead atoms. The number of aliphatic hydroxyl groups is 1. The minimum atomic E-state index is -2.76. The Hall–Kier alpha value is -0.950. The maximum absolute atomic E-state index is 11.9. The topological polar surface area (TPSA) is 90.9 Å². The molecule has 0 spiro atoms. The van der Waals surface area contributed by atoms with Gasteiger partial charge >= 0.3 is 0 Å². The predicted octanol–water partition coefficient (Wildman–Crippen LogP) is 0.117. The van der Waals surface area contributed by atoms with Crippen molar-refractivity contribution in [1.82, 2.24) is 5.32 Å². The summed E-state index contributed by atoms with van der Waals surface area (Å²) >= 11 is 0. The van der Waals surface area contributed by atoms with Crippen LogP contribution in [0.4, 0.5) is 8.78 Å². The zero-order valence-corrected chi connectivity index (χ0v) is 8.53. The van der Waals surface area contributed by atoms with Crippen molar-refractivity contribution in [1.29, 1.82) is 0 Å². The Labute approximate surface area is 87.0 Å². The number of aliphatic hydroxyl groups excluding tert-OH is 1. The fraction of sp³-hybridized carbons (Fsp3) is 0.875. The number of hydrogen-bond donors (Lipinski definition) is 4. The van der Waals surface area contributed by atoms with Crippen LogP contribution in [0, 0.1) is 0 Å². The molecule has 5 N–H and O–H groups in total. The lowest BCUT2D eigenvalue weighted by molar-refractivity contribution is -0.00457. The maximum atomic E-state index is 11.9. The summed E-state index contributed by atoms with van der Waals surface area (Å²) in [5.74, 6) is 0.0286. The molecule has 2 unspecified atom stereocenters. The van der Waals surface area contributed by atoms with E-state index in [0.29, 0.717) is 6.42 Å². The molecule has 0 fully saturated rings. The highest BCUT2D eigenvalue weighted by molar-refractivity contribution is 5.80. The van der Waals surface area contributed by atoms with E-state index in [-0.39, 0.29) is 24.8 Å². The number of nitrogens with two attached hydrogens (primary N) is 1. The normalized spacial score (nSPS) is 16.7. The lowest BCUT2D eigenvalue weighted by atomic mass is 10.1. The zero-order valence-electron chi connectivity index (χ0n) is 8.53. The summed E-state index contributed by atoms with van der Waals surface area (Å²) in [4.78, 5) is 0. The highest BCUT2D eigenvalue weighted by Crippen LogP contribution is 2.02. The summed E-state index contributed by atoms with van der Waals surface area (Å²) in [5, 5.41) is 22.6. The minimum Gasteiger partial charge on any atom is -0.409 e. The van der Waals surface area contributed by atoms with Gasteiger partial charge in [0.05, 0.1) is 0 Å². The van der Waals surface area contributed by atoms with Crippen molar-refractivity contribution in [2.24, 2.45) is 10.9 Å². The fourth-order valence-electron chi connectivity index (χ4n) is 1.03. The molecule has 0 amide bonds. The molecule has 0 aliphatic rings. The van der Waals surface area contributed by atoms with E-state index in [1.54, 1.807) is 0 Å². The average molecular weight is 225 g/mol. The number of nitrogens with one attached hydrogen (secondary N) is 1. The molecule has 0 aliphatic heterocycles. The van der Waals surface area contributed by atoms with Crippen molar-refractivity contribution in [2.75, 3.05) is 6.54 Å². The van der Waals surface area contributed by atoms with E-state index in [4.69, 9.17) is 16.0 Å². The van der Waals surface area contributed by atoms with Crippen LogP contribution in [0.5, 0.6) is 0 Å². The van der Waals surface area contributed by atoms with Crippen molar-refractivity contribution in [3.63, 3.8) is 0 Å². The monoisotopic (exact) mass is 225 g/mol. The SMILES string of the molecule is CCC(CC(N)=NO)NCC(O)C(F)F. The highest BCUT2D eigenvalue weighted by atomic mass is 19.3. The van der Waals surface area contributed by atoms with Gasteiger partial charge in [-0.15, -0.1) is 0 Å². The molecule has 0 aromatic carbocycles. The van der Waals surface area contributed by atoms with Crippen molar-refractivity contribution >= 4 is 5.84 Å². The smallest absolute Gasteiger partial charge is 0.265 e. The molecule has 0 radical (unpaired) electrons. The van der Waals surface area contributed by atoms with E-state index in [1.807, 2.05) is 6.92 Å². The minimum absolute atomic E-state index is 0.0286. The van der Waals surface area contributed by atoms with Gasteiger partial charge in [-0.3, -0.25) is 0 Å². The Morgan fingerprint density at radius 1 is 1.53 bits per heavy atom. The molecule has 0 heterocycles. The Balaban J connectivity index is 3.90. The first-order chi connectivity index (χ1) is 7.01. The fourth-order valence-corrected chi connectivity index (χ4v) is 1.03.